The van der Waals surface area contributed by atoms with E-state index in [1.165, 1.54) is 0 Å². The van der Waals surface area contributed by atoms with E-state index in [9.17, 15) is 25.0 Å². The lowest BCUT2D eigenvalue weighted by Crippen LogP contribution is -2.16. The standard InChI is InChI=1S/C14H15N3O5/c18-14(15-12-4-2-1-3-5-13(12)15)9-6-10(16(19)20)8-11(7-9)17(21)22/h6-8,12-13H,1-5H2. The van der Waals surface area contributed by atoms with Crippen LogP contribution in [0.4, 0.5) is 11.4 Å². The van der Waals surface area contributed by atoms with Gasteiger partial charge in [0.2, 0.25) is 0 Å². The summed E-state index contributed by atoms with van der Waals surface area (Å²) in [5.74, 6) is -0.344. The van der Waals surface area contributed by atoms with Crippen LogP contribution in [0, 0.1) is 20.2 Å². The molecule has 0 radical (unpaired) electrons. The number of nitrogens with zero attached hydrogens (tertiary/aromatic N) is 3. The highest BCUT2D eigenvalue weighted by atomic mass is 16.6. The smallest absolute Gasteiger partial charge is 0.277 e. The van der Waals surface area contributed by atoms with E-state index in [0.29, 0.717) is 0 Å². The molecule has 2 aliphatic rings. The topological polar surface area (TPSA) is 106 Å². The molecule has 0 spiro atoms. The molecule has 1 amide bonds. The number of hydrogen-bond donors (Lipinski definition) is 0. The van der Waals surface area contributed by atoms with Gasteiger partial charge in [-0.05, 0) is 12.8 Å². The second-order valence-electron chi connectivity index (χ2n) is 5.74. The number of benzene rings is 1. The van der Waals surface area contributed by atoms with Crippen LogP contribution in [0.5, 0.6) is 0 Å². The second-order valence-corrected chi connectivity index (χ2v) is 5.74. The third-order valence-corrected chi connectivity index (χ3v) is 4.37. The van der Waals surface area contributed by atoms with Crippen molar-refractivity contribution in [3.05, 3.63) is 44.0 Å². The molecule has 0 bridgehead atoms. The number of amides is 1. The van der Waals surface area contributed by atoms with Gasteiger partial charge in [0.15, 0.2) is 0 Å². The molecule has 0 aromatic heterocycles. The van der Waals surface area contributed by atoms with Gasteiger partial charge in [0.1, 0.15) is 0 Å². The van der Waals surface area contributed by atoms with E-state index < -0.39 is 21.2 Å². The normalized spacial score (nSPS) is 23.4. The van der Waals surface area contributed by atoms with E-state index in [-0.39, 0.29) is 23.6 Å². The van der Waals surface area contributed by atoms with E-state index in [0.717, 1.165) is 50.3 Å². The van der Waals surface area contributed by atoms with Crippen molar-refractivity contribution < 1.29 is 14.6 Å². The number of hydrogen-bond acceptors (Lipinski definition) is 5. The first-order valence-electron chi connectivity index (χ1n) is 7.25. The summed E-state index contributed by atoms with van der Waals surface area (Å²) in [4.78, 5) is 34.6. The van der Waals surface area contributed by atoms with Crippen molar-refractivity contribution in [3.8, 4) is 0 Å². The number of fused-ring (bicyclic) bond motifs is 1. The highest BCUT2D eigenvalue weighted by Gasteiger charge is 2.50. The maximum atomic E-state index is 12.5. The van der Waals surface area contributed by atoms with Gasteiger partial charge in [0.25, 0.3) is 17.3 Å². The van der Waals surface area contributed by atoms with Gasteiger partial charge in [-0.25, -0.2) is 0 Å². The lowest BCUT2D eigenvalue weighted by molar-refractivity contribution is -0.394. The molecular weight excluding hydrogens is 290 g/mol. The van der Waals surface area contributed by atoms with Crippen molar-refractivity contribution in [2.45, 2.75) is 44.2 Å². The molecular formula is C14H15N3O5. The van der Waals surface area contributed by atoms with Crippen LogP contribution in [-0.4, -0.2) is 32.7 Å². The summed E-state index contributed by atoms with van der Waals surface area (Å²) in [7, 11) is 0. The summed E-state index contributed by atoms with van der Waals surface area (Å²) in [6.07, 6.45) is 5.18. The minimum absolute atomic E-state index is 0.0222. The molecule has 1 aromatic carbocycles. The quantitative estimate of drug-likeness (QED) is 0.484. The van der Waals surface area contributed by atoms with Crippen LogP contribution < -0.4 is 0 Å². The predicted molar refractivity (Wildman–Crippen MR) is 76.6 cm³/mol. The molecule has 0 N–H and O–H groups in total. The third-order valence-electron chi connectivity index (χ3n) is 4.37. The van der Waals surface area contributed by atoms with Crippen molar-refractivity contribution in [2.24, 2.45) is 0 Å². The summed E-state index contributed by atoms with van der Waals surface area (Å²) >= 11 is 0. The number of nitro benzene ring substituents is 2. The molecule has 2 fully saturated rings. The SMILES string of the molecule is O=C(c1cc([N+](=O)[O-])cc([N+](=O)[O-])c1)N1C2CCCCCC21. The summed E-state index contributed by atoms with van der Waals surface area (Å²) in [5.41, 5.74) is -0.840. The molecule has 1 aromatic rings. The molecule has 8 heteroatoms. The Bertz CT molecular complexity index is 616. The van der Waals surface area contributed by atoms with Gasteiger partial charge in [-0.1, -0.05) is 19.3 Å². The summed E-state index contributed by atoms with van der Waals surface area (Å²) < 4.78 is 0. The molecule has 22 heavy (non-hydrogen) atoms. The maximum Gasteiger partial charge on any atom is 0.277 e. The Hall–Kier alpha value is -2.51. The molecule has 116 valence electrons. The highest BCUT2D eigenvalue weighted by Crippen LogP contribution is 2.40. The Morgan fingerprint density at radius 1 is 0.955 bits per heavy atom. The first kappa shape index (κ1) is 14.4. The van der Waals surface area contributed by atoms with Crippen LogP contribution in [0.25, 0.3) is 0 Å². The van der Waals surface area contributed by atoms with Gasteiger partial charge in [-0.2, -0.15) is 0 Å². The monoisotopic (exact) mass is 305 g/mol. The van der Waals surface area contributed by atoms with E-state index in [2.05, 4.69) is 0 Å². The Morgan fingerprint density at radius 2 is 1.45 bits per heavy atom. The van der Waals surface area contributed by atoms with Crippen molar-refractivity contribution in [1.82, 2.24) is 4.90 Å². The average molecular weight is 305 g/mol. The number of nitro groups is 2. The van der Waals surface area contributed by atoms with Crippen LogP contribution in [0.2, 0.25) is 0 Å². The Kier molecular flexibility index (Phi) is 3.51. The summed E-state index contributed by atoms with van der Waals surface area (Å²) in [5, 5.41) is 21.8. The zero-order valence-electron chi connectivity index (χ0n) is 11.8. The van der Waals surface area contributed by atoms with Crippen LogP contribution in [0.1, 0.15) is 42.5 Å². The summed E-state index contributed by atoms with van der Waals surface area (Å²) in [6, 6.07) is 3.49. The van der Waals surface area contributed by atoms with E-state index in [4.69, 9.17) is 0 Å². The van der Waals surface area contributed by atoms with Crippen LogP contribution in [0.3, 0.4) is 0 Å². The zero-order valence-corrected chi connectivity index (χ0v) is 11.8. The van der Waals surface area contributed by atoms with Crippen LogP contribution in [0.15, 0.2) is 18.2 Å². The Labute approximate surface area is 126 Å². The molecule has 8 nitrogen and oxygen atoms in total. The van der Waals surface area contributed by atoms with Gasteiger partial charge in [-0.3, -0.25) is 25.0 Å². The molecule has 1 saturated carbocycles. The first-order chi connectivity index (χ1) is 10.5. The predicted octanol–water partition coefficient (Wildman–Crippen LogP) is 2.66. The fourth-order valence-electron chi connectivity index (χ4n) is 3.26. The Morgan fingerprint density at radius 3 is 1.91 bits per heavy atom. The van der Waals surface area contributed by atoms with E-state index >= 15 is 0 Å². The maximum absolute atomic E-state index is 12.5. The van der Waals surface area contributed by atoms with Crippen LogP contribution in [-0.2, 0) is 0 Å². The molecule has 3 rings (SSSR count). The Balaban J connectivity index is 1.89. The van der Waals surface area contributed by atoms with E-state index in [1.54, 1.807) is 4.90 Å². The number of non-ortho nitro benzene ring substituents is 2. The minimum Gasteiger partial charge on any atom is -0.329 e. The van der Waals surface area contributed by atoms with Gasteiger partial charge in [0, 0.05) is 12.1 Å². The molecule has 1 heterocycles. The molecule has 1 aliphatic carbocycles. The number of carbonyl (C=O) groups excluding carboxylic acids is 1. The van der Waals surface area contributed by atoms with Gasteiger partial charge >= 0.3 is 0 Å². The third kappa shape index (κ3) is 2.51. The van der Waals surface area contributed by atoms with Gasteiger partial charge in [-0.15, -0.1) is 0 Å². The molecule has 2 atom stereocenters. The molecule has 2 unspecified atom stereocenters. The average Bonchev–Trinajstić information content (AvgIpc) is 3.21. The van der Waals surface area contributed by atoms with Crippen LogP contribution >= 0.6 is 0 Å². The van der Waals surface area contributed by atoms with Crippen molar-refractivity contribution in [2.75, 3.05) is 0 Å². The number of likely N-dealkylation sites (tertiary alicyclic amines) is 1. The molecule has 1 aliphatic heterocycles. The van der Waals surface area contributed by atoms with Crippen molar-refractivity contribution in [1.29, 1.82) is 0 Å². The zero-order chi connectivity index (χ0) is 15.9. The number of carbonyl (C=O) groups is 1. The second kappa shape index (κ2) is 5.36. The number of rotatable bonds is 3. The lowest BCUT2D eigenvalue weighted by atomic mass is 10.1. The lowest BCUT2D eigenvalue weighted by Gasteiger charge is -2.07. The minimum atomic E-state index is -0.718. The summed E-state index contributed by atoms with van der Waals surface area (Å²) in [6.45, 7) is 0. The van der Waals surface area contributed by atoms with Gasteiger partial charge < -0.3 is 4.90 Å². The van der Waals surface area contributed by atoms with E-state index in [1.807, 2.05) is 0 Å². The first-order valence-corrected chi connectivity index (χ1v) is 7.25. The highest BCUT2D eigenvalue weighted by molar-refractivity contribution is 5.97. The molecule has 1 saturated heterocycles. The van der Waals surface area contributed by atoms with Gasteiger partial charge in [0.05, 0.1) is 33.6 Å². The largest absolute Gasteiger partial charge is 0.329 e. The van der Waals surface area contributed by atoms with Crippen molar-refractivity contribution in [3.63, 3.8) is 0 Å². The fourth-order valence-corrected chi connectivity index (χ4v) is 3.26. The fraction of sp³-hybridized carbons (Fsp3) is 0.500. The van der Waals surface area contributed by atoms with Crippen molar-refractivity contribution >= 4 is 17.3 Å².